The van der Waals surface area contributed by atoms with Crippen molar-refractivity contribution < 1.29 is 36.2 Å². The summed E-state index contributed by atoms with van der Waals surface area (Å²) in [6.45, 7) is 2.99. The molecule has 10 heteroatoms. The van der Waals surface area contributed by atoms with Gasteiger partial charge in [-0.25, -0.2) is 17.9 Å². The summed E-state index contributed by atoms with van der Waals surface area (Å²) in [7, 11) is -3.17. The summed E-state index contributed by atoms with van der Waals surface area (Å²) in [5.74, 6) is -1.32. The van der Waals surface area contributed by atoms with E-state index in [1.807, 2.05) is 6.07 Å². The highest BCUT2D eigenvalue weighted by atomic mass is 32.2. The van der Waals surface area contributed by atoms with Crippen LogP contribution in [0.5, 0.6) is 5.75 Å². The van der Waals surface area contributed by atoms with Gasteiger partial charge in [-0.1, -0.05) is 43.3 Å². The Morgan fingerprint density at radius 2 is 1.83 bits per heavy atom. The second-order valence-corrected chi connectivity index (χ2v) is 11.2. The van der Waals surface area contributed by atoms with Crippen molar-refractivity contribution in [2.24, 2.45) is 5.92 Å². The van der Waals surface area contributed by atoms with Gasteiger partial charge in [0, 0.05) is 6.54 Å². The van der Waals surface area contributed by atoms with Crippen LogP contribution in [-0.2, 0) is 33.1 Å². The molecule has 0 aliphatic heterocycles. The predicted octanol–water partition coefficient (Wildman–Crippen LogP) is 4.47. The van der Waals surface area contributed by atoms with E-state index >= 15 is 0 Å². The lowest BCUT2D eigenvalue weighted by Crippen LogP contribution is -2.31. The largest absolute Gasteiger partial charge is 0.492 e. The van der Waals surface area contributed by atoms with Crippen LogP contribution in [-0.4, -0.2) is 44.6 Å². The maximum atomic E-state index is 11.9. The fraction of sp³-hybridized carbons (Fsp3) is 0.480. The standard InChI is InChI=1S/C23H29NO3S.C2HF3O2/c1-23(16-18-5-3-2-4-6-18)12-11-20-9-10-21(15-22(20)23)27-14-13-24-28(25,26)17-19-7-8-19;3-2(4,5)1(6)7/h2-6,9-10,15,19,24H,7-8,11-14,16-17H2,1H3;(H,6,7). The Kier molecular flexibility index (Phi) is 8.48. The van der Waals surface area contributed by atoms with Crippen molar-refractivity contribution in [2.75, 3.05) is 18.9 Å². The normalized spacial score (nSPS) is 19.4. The molecule has 192 valence electrons. The SMILES string of the molecule is CC1(Cc2ccccc2)CCc2ccc(OCCNS(=O)(=O)CC3CC3)cc21.O=C(O)C(F)(F)F. The van der Waals surface area contributed by atoms with Crippen LogP contribution in [0.25, 0.3) is 0 Å². The van der Waals surface area contributed by atoms with Gasteiger partial charge in [-0.2, -0.15) is 13.2 Å². The van der Waals surface area contributed by atoms with Crippen molar-refractivity contribution in [3.05, 3.63) is 65.2 Å². The number of rotatable bonds is 9. The maximum Gasteiger partial charge on any atom is 0.490 e. The van der Waals surface area contributed by atoms with Crippen LogP contribution in [0, 0.1) is 5.92 Å². The fourth-order valence-electron chi connectivity index (χ4n) is 4.22. The summed E-state index contributed by atoms with van der Waals surface area (Å²) < 4.78 is 64.1. The third kappa shape index (κ3) is 8.24. The second-order valence-electron chi connectivity index (χ2n) is 9.31. The van der Waals surface area contributed by atoms with Gasteiger partial charge in [-0.3, -0.25) is 0 Å². The molecule has 35 heavy (non-hydrogen) atoms. The van der Waals surface area contributed by atoms with Crippen LogP contribution in [0.3, 0.4) is 0 Å². The molecule has 6 nitrogen and oxygen atoms in total. The number of carboxylic acid groups (broad SMARTS) is 1. The van der Waals surface area contributed by atoms with E-state index in [4.69, 9.17) is 14.6 Å². The van der Waals surface area contributed by atoms with Gasteiger partial charge in [0.2, 0.25) is 10.0 Å². The number of aryl methyl sites for hydroxylation is 1. The van der Waals surface area contributed by atoms with E-state index in [9.17, 15) is 21.6 Å². The lowest BCUT2D eigenvalue weighted by molar-refractivity contribution is -0.192. The number of carbonyl (C=O) groups is 1. The van der Waals surface area contributed by atoms with Crippen molar-refractivity contribution in [3.63, 3.8) is 0 Å². The molecule has 0 heterocycles. The van der Waals surface area contributed by atoms with Gasteiger partial charge in [0.1, 0.15) is 12.4 Å². The third-order valence-electron chi connectivity index (χ3n) is 6.20. The number of carboxylic acids is 1. The van der Waals surface area contributed by atoms with Gasteiger partial charge in [-0.05, 0) is 72.3 Å². The Hall–Kier alpha value is -2.59. The number of ether oxygens (including phenoxy) is 1. The molecule has 2 aliphatic carbocycles. The third-order valence-corrected chi connectivity index (χ3v) is 7.76. The number of aliphatic carboxylic acids is 1. The Bertz CT molecular complexity index is 1120. The molecule has 2 aromatic rings. The first-order valence-corrected chi connectivity index (χ1v) is 13.1. The number of benzene rings is 2. The van der Waals surface area contributed by atoms with E-state index in [1.165, 1.54) is 16.7 Å². The molecule has 1 fully saturated rings. The molecular weight excluding hydrogens is 483 g/mol. The van der Waals surface area contributed by atoms with Crippen LogP contribution in [0.4, 0.5) is 13.2 Å². The topological polar surface area (TPSA) is 92.7 Å². The minimum absolute atomic E-state index is 0.113. The predicted molar refractivity (Wildman–Crippen MR) is 126 cm³/mol. The zero-order chi connectivity index (χ0) is 25.7. The summed E-state index contributed by atoms with van der Waals surface area (Å²) >= 11 is 0. The Labute approximate surface area is 203 Å². The lowest BCUT2D eigenvalue weighted by Gasteiger charge is -2.26. The number of fused-ring (bicyclic) bond motifs is 1. The highest BCUT2D eigenvalue weighted by molar-refractivity contribution is 7.89. The number of hydrogen-bond acceptors (Lipinski definition) is 4. The Balaban J connectivity index is 0.000000429. The van der Waals surface area contributed by atoms with Crippen LogP contribution in [0.15, 0.2) is 48.5 Å². The molecular formula is C25H30F3NO5S. The smallest absolute Gasteiger partial charge is 0.490 e. The van der Waals surface area contributed by atoms with Crippen LogP contribution in [0.2, 0.25) is 0 Å². The fourth-order valence-corrected chi connectivity index (χ4v) is 5.69. The van der Waals surface area contributed by atoms with Gasteiger partial charge in [0.05, 0.1) is 5.75 Å². The van der Waals surface area contributed by atoms with Gasteiger partial charge in [0.25, 0.3) is 0 Å². The van der Waals surface area contributed by atoms with Crippen LogP contribution < -0.4 is 9.46 Å². The van der Waals surface area contributed by atoms with E-state index in [2.05, 4.69) is 54.1 Å². The number of halogens is 3. The molecule has 2 aliphatic rings. The average Bonchev–Trinajstić information content (AvgIpc) is 3.53. The molecule has 2 aromatic carbocycles. The van der Waals surface area contributed by atoms with E-state index in [1.54, 1.807) is 0 Å². The Morgan fingerprint density at radius 3 is 2.43 bits per heavy atom. The molecule has 0 saturated heterocycles. The number of nitrogens with one attached hydrogen (secondary N) is 1. The van der Waals surface area contributed by atoms with E-state index < -0.39 is 22.2 Å². The van der Waals surface area contributed by atoms with Crippen LogP contribution >= 0.6 is 0 Å². The minimum Gasteiger partial charge on any atom is -0.492 e. The van der Waals surface area contributed by atoms with Crippen molar-refractivity contribution in [3.8, 4) is 5.75 Å². The number of sulfonamides is 1. The monoisotopic (exact) mass is 513 g/mol. The summed E-state index contributed by atoms with van der Waals surface area (Å²) in [5.41, 5.74) is 4.23. The number of hydrogen-bond donors (Lipinski definition) is 2. The molecule has 0 spiro atoms. The molecule has 1 unspecified atom stereocenters. The summed E-state index contributed by atoms with van der Waals surface area (Å²) in [5, 5.41) is 7.12. The quantitative estimate of drug-likeness (QED) is 0.483. The first-order chi connectivity index (χ1) is 16.4. The molecule has 4 rings (SSSR count). The van der Waals surface area contributed by atoms with Crippen molar-refractivity contribution in [1.29, 1.82) is 0 Å². The molecule has 0 radical (unpaired) electrons. The van der Waals surface area contributed by atoms with Gasteiger partial charge in [-0.15, -0.1) is 0 Å². The summed E-state index contributed by atoms with van der Waals surface area (Å²) in [6.07, 6.45) is 0.245. The molecule has 1 atom stereocenters. The van der Waals surface area contributed by atoms with Crippen LogP contribution in [0.1, 0.15) is 42.9 Å². The average molecular weight is 514 g/mol. The van der Waals surface area contributed by atoms with Gasteiger partial charge < -0.3 is 9.84 Å². The van der Waals surface area contributed by atoms with E-state index in [0.717, 1.165) is 37.9 Å². The van der Waals surface area contributed by atoms with Crippen molar-refractivity contribution >= 4 is 16.0 Å². The van der Waals surface area contributed by atoms with Gasteiger partial charge in [0.15, 0.2) is 0 Å². The number of alkyl halides is 3. The second kappa shape index (κ2) is 11.0. The first-order valence-electron chi connectivity index (χ1n) is 11.5. The first kappa shape index (κ1) is 27.0. The van der Waals surface area contributed by atoms with Gasteiger partial charge >= 0.3 is 12.1 Å². The van der Waals surface area contributed by atoms with E-state index in [0.29, 0.717) is 19.1 Å². The molecule has 0 bridgehead atoms. The van der Waals surface area contributed by atoms with E-state index in [-0.39, 0.29) is 11.2 Å². The zero-order valence-electron chi connectivity index (χ0n) is 19.5. The summed E-state index contributed by atoms with van der Waals surface area (Å²) in [6, 6.07) is 17.0. The molecule has 0 aromatic heterocycles. The highest BCUT2D eigenvalue weighted by Crippen LogP contribution is 2.42. The molecule has 2 N–H and O–H groups in total. The highest BCUT2D eigenvalue weighted by Gasteiger charge is 2.38. The van der Waals surface area contributed by atoms with Crippen molar-refractivity contribution in [1.82, 2.24) is 4.72 Å². The summed E-state index contributed by atoms with van der Waals surface area (Å²) in [4.78, 5) is 8.90. The Morgan fingerprint density at radius 1 is 1.17 bits per heavy atom. The molecule has 1 saturated carbocycles. The van der Waals surface area contributed by atoms with Crippen molar-refractivity contribution in [2.45, 2.75) is 50.6 Å². The minimum atomic E-state index is -5.08. The maximum absolute atomic E-state index is 11.9. The lowest BCUT2D eigenvalue weighted by atomic mass is 9.78. The zero-order valence-corrected chi connectivity index (χ0v) is 20.3. The molecule has 0 amide bonds.